The van der Waals surface area contributed by atoms with E-state index in [1.54, 1.807) is 0 Å². The van der Waals surface area contributed by atoms with E-state index in [0.717, 1.165) is 62.4 Å². The van der Waals surface area contributed by atoms with Crippen molar-refractivity contribution in [3.8, 4) is 0 Å². The highest BCUT2D eigenvalue weighted by Gasteiger charge is 2.36. The summed E-state index contributed by atoms with van der Waals surface area (Å²) in [4.78, 5) is 29.8. The third-order valence-corrected chi connectivity index (χ3v) is 7.13. The zero-order valence-electron chi connectivity index (χ0n) is 20.1. The highest BCUT2D eigenvalue weighted by molar-refractivity contribution is 5.91. The van der Waals surface area contributed by atoms with E-state index in [4.69, 9.17) is 18.9 Å². The Hall–Kier alpha value is -3.04. The Kier molecular flexibility index (Phi) is 6.58. The van der Waals surface area contributed by atoms with Crippen molar-refractivity contribution in [1.29, 1.82) is 0 Å². The molecule has 0 spiro atoms. The highest BCUT2D eigenvalue weighted by atomic mass is 16.6. The summed E-state index contributed by atoms with van der Waals surface area (Å²) >= 11 is 0. The van der Waals surface area contributed by atoms with Crippen molar-refractivity contribution in [1.82, 2.24) is 9.80 Å². The van der Waals surface area contributed by atoms with E-state index in [-0.39, 0.29) is 12.2 Å². The van der Waals surface area contributed by atoms with Crippen molar-refractivity contribution in [2.45, 2.75) is 37.5 Å². The van der Waals surface area contributed by atoms with E-state index in [9.17, 15) is 9.59 Å². The van der Waals surface area contributed by atoms with E-state index in [1.807, 2.05) is 36.4 Å². The van der Waals surface area contributed by atoms with E-state index >= 15 is 0 Å². The average Bonchev–Trinajstić information content (AvgIpc) is 3.83. The zero-order valence-corrected chi connectivity index (χ0v) is 20.1. The first kappa shape index (κ1) is 23.4. The summed E-state index contributed by atoms with van der Waals surface area (Å²) in [7, 11) is 0. The molecule has 4 aliphatic heterocycles. The number of rotatable bonds is 8. The molecule has 2 unspecified atom stereocenters. The summed E-state index contributed by atoms with van der Waals surface area (Å²) in [6.07, 6.45) is 3.46. The SMILES string of the molecule is O=C(/C=C\C(=O)O[C@@H]1c2ccccc2CCN1CC1CO1)O[C@@H]1c2ccccc2CCN1CC1CO1. The molecular formula is C28H30N2O6. The van der Waals surface area contributed by atoms with Crippen LogP contribution in [0.4, 0.5) is 0 Å². The fraction of sp³-hybridized carbons (Fsp3) is 0.429. The van der Waals surface area contributed by atoms with Gasteiger partial charge in [-0.25, -0.2) is 9.59 Å². The standard InChI is InChI=1S/C28H30N2O6/c31-25(35-27-23-7-3-1-5-19(23)11-13-29(27)15-21-17-33-21)9-10-26(32)36-28-24-8-4-2-6-20(24)12-14-30(28)16-22-18-34-22/h1-10,21-22,27-28H,11-18H2/b10-9-/t21?,22?,27-,28-/m1/s1. The molecule has 4 atom stereocenters. The van der Waals surface area contributed by atoms with Gasteiger partial charge in [0.1, 0.15) is 0 Å². The minimum atomic E-state index is -0.581. The number of carbonyl (C=O) groups is 2. The van der Waals surface area contributed by atoms with Crippen LogP contribution in [0, 0.1) is 0 Å². The molecule has 0 aliphatic carbocycles. The number of carbonyl (C=O) groups excluding carboxylic acids is 2. The fourth-order valence-electron chi connectivity index (χ4n) is 5.12. The Morgan fingerprint density at radius 1 is 0.750 bits per heavy atom. The smallest absolute Gasteiger partial charge is 0.332 e. The highest BCUT2D eigenvalue weighted by Crippen LogP contribution is 2.33. The van der Waals surface area contributed by atoms with E-state index in [0.29, 0.717) is 13.1 Å². The van der Waals surface area contributed by atoms with Gasteiger partial charge in [-0.15, -0.1) is 0 Å². The molecule has 4 heterocycles. The zero-order chi connectivity index (χ0) is 24.5. The molecule has 4 aliphatic rings. The van der Waals surface area contributed by atoms with Gasteiger partial charge in [0.2, 0.25) is 0 Å². The van der Waals surface area contributed by atoms with Crippen LogP contribution in [-0.4, -0.2) is 73.3 Å². The summed E-state index contributed by atoms with van der Waals surface area (Å²) in [5.74, 6) is -1.16. The molecule has 2 fully saturated rings. The molecule has 6 rings (SSSR count). The molecule has 36 heavy (non-hydrogen) atoms. The van der Waals surface area contributed by atoms with Gasteiger partial charge >= 0.3 is 11.9 Å². The molecule has 8 heteroatoms. The summed E-state index contributed by atoms with van der Waals surface area (Å²) in [6, 6.07) is 16.0. The molecule has 0 radical (unpaired) electrons. The van der Waals surface area contributed by atoms with Crippen molar-refractivity contribution in [3.63, 3.8) is 0 Å². The molecule has 188 valence electrons. The number of nitrogens with zero attached hydrogens (tertiary/aromatic N) is 2. The molecule has 2 saturated heterocycles. The predicted octanol–water partition coefficient (Wildman–Crippen LogP) is 2.54. The normalized spacial score (nSPS) is 27.2. The third-order valence-electron chi connectivity index (χ3n) is 7.13. The van der Waals surface area contributed by atoms with Gasteiger partial charge < -0.3 is 18.9 Å². The van der Waals surface area contributed by atoms with E-state index in [1.165, 1.54) is 11.1 Å². The van der Waals surface area contributed by atoms with Crippen LogP contribution in [0.3, 0.4) is 0 Å². The van der Waals surface area contributed by atoms with Gasteiger partial charge in [0, 0.05) is 49.5 Å². The number of hydrogen-bond acceptors (Lipinski definition) is 8. The predicted molar refractivity (Wildman–Crippen MR) is 130 cm³/mol. The Labute approximate surface area is 210 Å². The first-order chi connectivity index (χ1) is 17.6. The van der Waals surface area contributed by atoms with Gasteiger partial charge in [-0.2, -0.15) is 0 Å². The second kappa shape index (κ2) is 10.1. The molecule has 0 aromatic heterocycles. The molecule has 0 saturated carbocycles. The summed E-state index contributed by atoms with van der Waals surface area (Å²) in [5, 5.41) is 0. The quantitative estimate of drug-likeness (QED) is 0.317. The topological polar surface area (TPSA) is 84.1 Å². The molecule has 0 bridgehead atoms. The second-order valence-corrected chi connectivity index (χ2v) is 9.71. The molecule has 8 nitrogen and oxygen atoms in total. The van der Waals surface area contributed by atoms with E-state index in [2.05, 4.69) is 21.9 Å². The number of benzene rings is 2. The molecular weight excluding hydrogens is 460 g/mol. The Morgan fingerprint density at radius 2 is 1.17 bits per heavy atom. The largest absolute Gasteiger partial charge is 0.439 e. The summed E-state index contributed by atoms with van der Waals surface area (Å²) in [5.41, 5.74) is 4.29. The van der Waals surface area contributed by atoms with E-state index < -0.39 is 24.4 Å². The van der Waals surface area contributed by atoms with Crippen molar-refractivity contribution in [2.24, 2.45) is 0 Å². The average molecular weight is 491 g/mol. The first-order valence-corrected chi connectivity index (χ1v) is 12.6. The number of hydrogen-bond donors (Lipinski definition) is 0. The third kappa shape index (κ3) is 5.37. The van der Waals surface area contributed by atoms with Crippen LogP contribution in [0.25, 0.3) is 0 Å². The minimum Gasteiger partial charge on any atom is -0.439 e. The summed E-state index contributed by atoms with van der Waals surface area (Å²) < 4.78 is 22.5. The van der Waals surface area contributed by atoms with Crippen molar-refractivity contribution in [3.05, 3.63) is 82.9 Å². The maximum Gasteiger partial charge on any atom is 0.332 e. The van der Waals surface area contributed by atoms with Gasteiger partial charge in [-0.05, 0) is 24.0 Å². The van der Waals surface area contributed by atoms with Crippen molar-refractivity contribution in [2.75, 3.05) is 39.4 Å². The van der Waals surface area contributed by atoms with Gasteiger partial charge in [0.05, 0.1) is 25.4 Å². The lowest BCUT2D eigenvalue weighted by Crippen LogP contribution is -2.40. The summed E-state index contributed by atoms with van der Waals surface area (Å²) in [6.45, 7) is 4.45. The number of epoxide rings is 2. The van der Waals surface area contributed by atoms with Crippen molar-refractivity contribution < 1.29 is 28.5 Å². The van der Waals surface area contributed by atoms with Crippen LogP contribution in [0.15, 0.2) is 60.7 Å². The molecule has 0 amide bonds. The Balaban J connectivity index is 1.13. The van der Waals surface area contributed by atoms with Crippen LogP contribution >= 0.6 is 0 Å². The number of ether oxygens (including phenoxy) is 4. The lowest BCUT2D eigenvalue weighted by atomic mass is 9.98. The molecule has 2 aromatic carbocycles. The lowest BCUT2D eigenvalue weighted by molar-refractivity contribution is -0.158. The first-order valence-electron chi connectivity index (χ1n) is 12.6. The van der Waals surface area contributed by atoms with Crippen LogP contribution in [0.2, 0.25) is 0 Å². The maximum atomic E-state index is 12.8. The Bertz CT molecular complexity index is 1070. The van der Waals surface area contributed by atoms with Crippen LogP contribution < -0.4 is 0 Å². The minimum absolute atomic E-state index is 0.185. The van der Waals surface area contributed by atoms with Gasteiger partial charge in [0.25, 0.3) is 0 Å². The monoisotopic (exact) mass is 490 g/mol. The molecule has 2 aromatic rings. The second-order valence-electron chi connectivity index (χ2n) is 9.71. The number of esters is 2. The van der Waals surface area contributed by atoms with Gasteiger partial charge in [-0.1, -0.05) is 48.5 Å². The van der Waals surface area contributed by atoms with Gasteiger partial charge in [-0.3, -0.25) is 9.80 Å². The van der Waals surface area contributed by atoms with Gasteiger partial charge in [0.15, 0.2) is 12.5 Å². The Morgan fingerprint density at radius 3 is 1.58 bits per heavy atom. The van der Waals surface area contributed by atoms with Crippen LogP contribution in [0.5, 0.6) is 0 Å². The fourth-order valence-corrected chi connectivity index (χ4v) is 5.12. The number of fused-ring (bicyclic) bond motifs is 2. The van der Waals surface area contributed by atoms with Crippen LogP contribution in [-0.2, 0) is 41.4 Å². The maximum absolute atomic E-state index is 12.8. The lowest BCUT2D eigenvalue weighted by Gasteiger charge is -2.36. The van der Waals surface area contributed by atoms with Crippen LogP contribution in [0.1, 0.15) is 34.7 Å². The van der Waals surface area contributed by atoms with Crippen molar-refractivity contribution >= 4 is 11.9 Å². The molecule has 0 N–H and O–H groups in total.